The summed E-state index contributed by atoms with van der Waals surface area (Å²) in [5, 5.41) is 3.32. The number of para-hydroxylation sites is 1. The Labute approximate surface area is 115 Å². The number of rotatable bonds is 3. The number of nitrogens with zero attached hydrogens (tertiary/aromatic N) is 1. The summed E-state index contributed by atoms with van der Waals surface area (Å²) in [4.78, 5) is 14.5. The number of anilines is 1. The number of carbonyl (C=O) groups excluding carboxylic acids is 1. The molecular weight excluding hydrogens is 236 g/mol. The van der Waals surface area contributed by atoms with Gasteiger partial charge in [0.2, 0.25) is 5.91 Å². The fourth-order valence-electron chi connectivity index (χ4n) is 2.46. The first kappa shape index (κ1) is 13.7. The molecule has 0 unspecified atom stereocenters. The zero-order chi connectivity index (χ0) is 14.0. The second-order valence-corrected chi connectivity index (χ2v) is 5.97. The minimum atomic E-state index is -0.193. The van der Waals surface area contributed by atoms with Gasteiger partial charge in [-0.1, -0.05) is 24.3 Å². The van der Waals surface area contributed by atoms with Gasteiger partial charge in [0, 0.05) is 24.2 Å². The van der Waals surface area contributed by atoms with Crippen molar-refractivity contribution in [2.75, 3.05) is 11.9 Å². The normalized spacial score (nSPS) is 17.5. The van der Waals surface area contributed by atoms with Crippen LogP contribution < -0.4 is 5.32 Å². The first-order valence-corrected chi connectivity index (χ1v) is 6.70. The van der Waals surface area contributed by atoms with E-state index in [0.29, 0.717) is 6.54 Å². The molecule has 3 nitrogen and oxygen atoms in total. The van der Waals surface area contributed by atoms with Crippen molar-refractivity contribution in [3.8, 4) is 0 Å². The highest BCUT2D eigenvalue weighted by atomic mass is 16.2. The molecule has 0 aliphatic carbocycles. The number of carbonyl (C=O) groups is 1. The molecule has 2 rings (SSSR count). The Bertz CT molecular complexity index is 463. The monoisotopic (exact) mass is 258 g/mol. The highest BCUT2D eigenvalue weighted by Gasteiger charge is 2.34. The van der Waals surface area contributed by atoms with Crippen molar-refractivity contribution >= 4 is 11.6 Å². The van der Waals surface area contributed by atoms with Crippen LogP contribution in [0.5, 0.6) is 0 Å². The van der Waals surface area contributed by atoms with Gasteiger partial charge in [-0.3, -0.25) is 4.79 Å². The van der Waals surface area contributed by atoms with Gasteiger partial charge in [0.05, 0.1) is 0 Å². The Morgan fingerprint density at radius 3 is 2.74 bits per heavy atom. The van der Waals surface area contributed by atoms with Crippen LogP contribution in [-0.2, 0) is 11.2 Å². The van der Waals surface area contributed by atoms with E-state index in [9.17, 15) is 4.79 Å². The fraction of sp³-hybridized carbons (Fsp3) is 0.438. The van der Waals surface area contributed by atoms with Gasteiger partial charge >= 0.3 is 0 Å². The van der Waals surface area contributed by atoms with Crippen LogP contribution in [0.25, 0.3) is 0 Å². The molecule has 1 heterocycles. The zero-order valence-corrected chi connectivity index (χ0v) is 11.9. The van der Waals surface area contributed by atoms with Crippen LogP contribution in [0.4, 0.5) is 5.69 Å². The fourth-order valence-corrected chi connectivity index (χ4v) is 2.46. The predicted octanol–water partition coefficient (Wildman–Crippen LogP) is 2.84. The van der Waals surface area contributed by atoms with E-state index >= 15 is 0 Å². The standard InChI is InChI=1S/C16H22N2O/c1-5-10-18(16(2,3)4)15(19)14-11-12-8-6-7-9-13(12)17-14/h5-9,14,17H,1,10-11H2,2-4H3/t14-/m0/s1. The molecule has 1 aliphatic rings. The van der Waals surface area contributed by atoms with E-state index in [4.69, 9.17) is 0 Å². The van der Waals surface area contributed by atoms with E-state index < -0.39 is 0 Å². The van der Waals surface area contributed by atoms with Crippen LogP contribution >= 0.6 is 0 Å². The summed E-state index contributed by atoms with van der Waals surface area (Å²) in [7, 11) is 0. The third-order valence-electron chi connectivity index (χ3n) is 3.46. The minimum absolute atomic E-state index is 0.142. The maximum atomic E-state index is 12.7. The van der Waals surface area contributed by atoms with Crippen molar-refractivity contribution in [1.29, 1.82) is 0 Å². The molecule has 1 N–H and O–H groups in total. The van der Waals surface area contributed by atoms with Crippen molar-refractivity contribution in [2.24, 2.45) is 0 Å². The highest BCUT2D eigenvalue weighted by molar-refractivity contribution is 5.88. The van der Waals surface area contributed by atoms with Gasteiger partial charge in [-0.05, 0) is 32.4 Å². The van der Waals surface area contributed by atoms with Crippen LogP contribution in [0.2, 0.25) is 0 Å². The molecule has 0 fully saturated rings. The van der Waals surface area contributed by atoms with E-state index in [1.807, 2.05) is 23.1 Å². The lowest BCUT2D eigenvalue weighted by atomic mass is 10.0. The van der Waals surface area contributed by atoms with Crippen LogP contribution in [0.15, 0.2) is 36.9 Å². The second kappa shape index (κ2) is 5.08. The quantitative estimate of drug-likeness (QED) is 0.846. The number of fused-ring (bicyclic) bond motifs is 1. The molecule has 0 spiro atoms. The molecule has 1 atom stereocenters. The van der Waals surface area contributed by atoms with Gasteiger partial charge in [-0.15, -0.1) is 6.58 Å². The van der Waals surface area contributed by atoms with E-state index in [0.717, 1.165) is 12.1 Å². The Hall–Kier alpha value is -1.77. The van der Waals surface area contributed by atoms with E-state index in [2.05, 4.69) is 38.7 Å². The molecule has 0 radical (unpaired) electrons. The first-order valence-electron chi connectivity index (χ1n) is 6.70. The largest absolute Gasteiger partial charge is 0.373 e. The Morgan fingerprint density at radius 2 is 2.16 bits per heavy atom. The Kier molecular flexibility index (Phi) is 3.65. The predicted molar refractivity (Wildman–Crippen MR) is 79.2 cm³/mol. The van der Waals surface area contributed by atoms with Gasteiger partial charge in [0.15, 0.2) is 0 Å². The molecule has 0 aromatic heterocycles. The lowest BCUT2D eigenvalue weighted by molar-refractivity contribution is -0.135. The summed E-state index contributed by atoms with van der Waals surface area (Å²) in [6.07, 6.45) is 2.55. The molecule has 102 valence electrons. The average Bonchev–Trinajstić information content (AvgIpc) is 2.77. The minimum Gasteiger partial charge on any atom is -0.373 e. The molecule has 0 bridgehead atoms. The van der Waals surface area contributed by atoms with E-state index in [1.165, 1.54) is 5.56 Å². The molecule has 0 saturated carbocycles. The SMILES string of the molecule is C=CCN(C(=O)[C@@H]1Cc2ccccc2N1)C(C)(C)C. The van der Waals surface area contributed by atoms with Crippen molar-refractivity contribution in [2.45, 2.75) is 38.8 Å². The lowest BCUT2D eigenvalue weighted by Gasteiger charge is -2.36. The van der Waals surface area contributed by atoms with Crippen molar-refractivity contribution in [1.82, 2.24) is 4.90 Å². The molecule has 1 amide bonds. The van der Waals surface area contributed by atoms with Gasteiger partial charge in [0.25, 0.3) is 0 Å². The molecule has 19 heavy (non-hydrogen) atoms. The molecule has 1 aromatic carbocycles. The van der Waals surface area contributed by atoms with Gasteiger partial charge in [-0.25, -0.2) is 0 Å². The third kappa shape index (κ3) is 2.80. The maximum Gasteiger partial charge on any atom is 0.246 e. The summed E-state index contributed by atoms with van der Waals surface area (Å²) in [6, 6.07) is 7.95. The molecule has 1 aliphatic heterocycles. The summed E-state index contributed by atoms with van der Waals surface area (Å²) in [5.74, 6) is 0.142. The van der Waals surface area contributed by atoms with Crippen LogP contribution in [0, 0.1) is 0 Å². The smallest absolute Gasteiger partial charge is 0.246 e. The number of amides is 1. The summed E-state index contributed by atoms with van der Waals surface area (Å²) < 4.78 is 0. The van der Waals surface area contributed by atoms with E-state index in [-0.39, 0.29) is 17.5 Å². The first-order chi connectivity index (χ1) is 8.93. The second-order valence-electron chi connectivity index (χ2n) is 5.97. The van der Waals surface area contributed by atoms with Gasteiger partial charge < -0.3 is 10.2 Å². The van der Waals surface area contributed by atoms with Crippen LogP contribution in [0.3, 0.4) is 0 Å². The summed E-state index contributed by atoms with van der Waals surface area (Å²) in [6.45, 7) is 10.5. The molecule has 3 heteroatoms. The molecule has 0 saturated heterocycles. The zero-order valence-electron chi connectivity index (χ0n) is 11.9. The summed E-state index contributed by atoms with van der Waals surface area (Å²) in [5.41, 5.74) is 2.10. The number of nitrogens with one attached hydrogen (secondary N) is 1. The average molecular weight is 258 g/mol. The molecular formula is C16H22N2O. The lowest BCUT2D eigenvalue weighted by Crippen LogP contribution is -2.51. The van der Waals surface area contributed by atoms with Crippen LogP contribution in [0.1, 0.15) is 26.3 Å². The van der Waals surface area contributed by atoms with Crippen molar-refractivity contribution in [3.05, 3.63) is 42.5 Å². The third-order valence-corrected chi connectivity index (χ3v) is 3.46. The Balaban J connectivity index is 2.15. The van der Waals surface area contributed by atoms with Gasteiger partial charge in [0.1, 0.15) is 6.04 Å². The topological polar surface area (TPSA) is 32.3 Å². The number of hydrogen-bond donors (Lipinski definition) is 1. The maximum absolute atomic E-state index is 12.7. The number of hydrogen-bond acceptors (Lipinski definition) is 2. The highest BCUT2D eigenvalue weighted by Crippen LogP contribution is 2.27. The molecule has 1 aromatic rings. The van der Waals surface area contributed by atoms with E-state index in [1.54, 1.807) is 6.08 Å². The van der Waals surface area contributed by atoms with Crippen molar-refractivity contribution < 1.29 is 4.79 Å². The van der Waals surface area contributed by atoms with Gasteiger partial charge in [-0.2, -0.15) is 0 Å². The van der Waals surface area contributed by atoms with Crippen molar-refractivity contribution in [3.63, 3.8) is 0 Å². The summed E-state index contributed by atoms with van der Waals surface area (Å²) >= 11 is 0. The Morgan fingerprint density at radius 1 is 1.47 bits per heavy atom. The number of benzene rings is 1. The van der Waals surface area contributed by atoms with Crippen LogP contribution in [-0.4, -0.2) is 28.9 Å².